The smallest absolute Gasteiger partial charge is 0.273 e. The van der Waals surface area contributed by atoms with Gasteiger partial charge >= 0.3 is 6.03 Å². The molecule has 24 heavy (non-hydrogen) atoms. The van der Waals surface area contributed by atoms with Gasteiger partial charge in [0.2, 0.25) is 0 Å². The Labute approximate surface area is 147 Å². The largest absolute Gasteiger partial charge is 0.331 e. The highest BCUT2D eigenvalue weighted by Gasteiger charge is 2.35. The van der Waals surface area contributed by atoms with Crippen LogP contribution in [0.15, 0.2) is 64.6 Å². The predicted octanol–water partition coefficient (Wildman–Crippen LogP) is 3.11. The van der Waals surface area contributed by atoms with E-state index in [0.29, 0.717) is 5.56 Å². The number of halogens is 1. The second-order valence-corrected chi connectivity index (χ2v) is 6.16. The Morgan fingerprint density at radius 1 is 0.958 bits per heavy atom. The standard InChI is InChI=1S/C18H13BrN2O3/c19-14-8-6-12(7-9-14)10-15-16(22)20-18(24)21(17(15)23)11-13-4-2-1-3-5-13/h1-10H,11H2,(H,20,22,24). The predicted molar refractivity (Wildman–Crippen MR) is 92.6 cm³/mol. The molecule has 1 N–H and O–H groups in total. The van der Waals surface area contributed by atoms with Crippen LogP contribution in [0.25, 0.3) is 6.08 Å². The first kappa shape index (κ1) is 16.1. The van der Waals surface area contributed by atoms with Crippen LogP contribution in [0.3, 0.4) is 0 Å². The SMILES string of the molecule is O=C1NC(=O)N(Cc2ccccc2)C(=O)C1=Cc1ccc(Br)cc1. The molecule has 2 aromatic carbocycles. The highest BCUT2D eigenvalue weighted by Crippen LogP contribution is 2.18. The lowest BCUT2D eigenvalue weighted by Gasteiger charge is -2.26. The van der Waals surface area contributed by atoms with Crippen LogP contribution in [-0.2, 0) is 16.1 Å². The summed E-state index contributed by atoms with van der Waals surface area (Å²) in [6.45, 7) is 0.108. The summed E-state index contributed by atoms with van der Waals surface area (Å²) in [6, 6.07) is 15.6. The minimum atomic E-state index is -0.707. The lowest BCUT2D eigenvalue weighted by Crippen LogP contribution is -2.53. The summed E-state index contributed by atoms with van der Waals surface area (Å²) in [5, 5.41) is 2.21. The van der Waals surface area contributed by atoms with E-state index in [0.717, 1.165) is 14.9 Å². The molecule has 6 heteroatoms. The molecule has 0 unspecified atom stereocenters. The maximum absolute atomic E-state index is 12.6. The molecule has 3 rings (SSSR count). The molecule has 1 saturated heterocycles. The third-order valence-electron chi connectivity index (χ3n) is 3.55. The molecule has 1 fully saturated rings. The van der Waals surface area contributed by atoms with Crippen molar-refractivity contribution in [3.8, 4) is 0 Å². The molecule has 1 aliphatic heterocycles. The summed E-state index contributed by atoms with van der Waals surface area (Å²) in [5.41, 5.74) is 1.44. The molecule has 0 aliphatic carbocycles. The number of hydrogen-bond donors (Lipinski definition) is 1. The Morgan fingerprint density at radius 3 is 2.29 bits per heavy atom. The zero-order valence-electron chi connectivity index (χ0n) is 12.5. The van der Waals surface area contributed by atoms with Crippen molar-refractivity contribution >= 4 is 39.9 Å². The average Bonchev–Trinajstić information content (AvgIpc) is 2.58. The normalized spacial score (nSPS) is 16.5. The van der Waals surface area contributed by atoms with Gasteiger partial charge in [-0.3, -0.25) is 19.8 Å². The molecule has 2 aromatic rings. The maximum Gasteiger partial charge on any atom is 0.331 e. The summed E-state index contributed by atoms with van der Waals surface area (Å²) in [4.78, 5) is 37.6. The van der Waals surface area contributed by atoms with Gasteiger partial charge in [0.25, 0.3) is 11.8 Å². The fourth-order valence-electron chi connectivity index (χ4n) is 2.33. The third kappa shape index (κ3) is 3.44. The van der Waals surface area contributed by atoms with Gasteiger partial charge in [-0.05, 0) is 29.3 Å². The van der Waals surface area contributed by atoms with Crippen molar-refractivity contribution in [1.29, 1.82) is 0 Å². The van der Waals surface area contributed by atoms with Crippen LogP contribution in [0, 0.1) is 0 Å². The number of rotatable bonds is 3. The number of carbonyl (C=O) groups excluding carboxylic acids is 3. The number of benzene rings is 2. The van der Waals surface area contributed by atoms with Crippen molar-refractivity contribution in [3.63, 3.8) is 0 Å². The van der Waals surface area contributed by atoms with Crippen molar-refractivity contribution in [3.05, 3.63) is 75.8 Å². The van der Waals surface area contributed by atoms with Crippen LogP contribution in [0.4, 0.5) is 4.79 Å². The highest BCUT2D eigenvalue weighted by molar-refractivity contribution is 9.10. The molecule has 0 saturated carbocycles. The van der Waals surface area contributed by atoms with E-state index in [-0.39, 0.29) is 12.1 Å². The van der Waals surface area contributed by atoms with Gasteiger partial charge in [0.15, 0.2) is 0 Å². The highest BCUT2D eigenvalue weighted by atomic mass is 79.9. The van der Waals surface area contributed by atoms with Crippen molar-refractivity contribution in [2.75, 3.05) is 0 Å². The second-order valence-electron chi connectivity index (χ2n) is 5.25. The molecular weight excluding hydrogens is 372 g/mol. The van der Waals surface area contributed by atoms with Crippen molar-refractivity contribution in [2.45, 2.75) is 6.54 Å². The van der Waals surface area contributed by atoms with E-state index in [1.54, 1.807) is 12.1 Å². The van der Waals surface area contributed by atoms with Crippen molar-refractivity contribution < 1.29 is 14.4 Å². The van der Waals surface area contributed by atoms with Crippen LogP contribution in [0.2, 0.25) is 0 Å². The van der Waals surface area contributed by atoms with E-state index >= 15 is 0 Å². The molecular formula is C18H13BrN2O3. The summed E-state index contributed by atoms with van der Waals surface area (Å²) in [7, 11) is 0. The molecule has 5 nitrogen and oxygen atoms in total. The summed E-state index contributed by atoms with van der Waals surface area (Å²) < 4.78 is 0.893. The Hall–Kier alpha value is -2.73. The number of amides is 4. The minimum absolute atomic E-state index is 0.0622. The van der Waals surface area contributed by atoms with E-state index in [1.165, 1.54) is 6.08 Å². The third-order valence-corrected chi connectivity index (χ3v) is 4.08. The first-order valence-corrected chi connectivity index (χ1v) is 8.02. The Morgan fingerprint density at radius 2 is 1.62 bits per heavy atom. The number of urea groups is 1. The van der Waals surface area contributed by atoms with Gasteiger partial charge in [0.1, 0.15) is 5.57 Å². The summed E-state index contributed by atoms with van der Waals surface area (Å²) in [6.07, 6.45) is 1.48. The van der Waals surface area contributed by atoms with E-state index in [9.17, 15) is 14.4 Å². The lowest BCUT2D eigenvalue weighted by atomic mass is 10.1. The van der Waals surface area contributed by atoms with Gasteiger partial charge in [-0.2, -0.15) is 0 Å². The van der Waals surface area contributed by atoms with Gasteiger partial charge < -0.3 is 0 Å². The first-order chi connectivity index (χ1) is 11.5. The monoisotopic (exact) mass is 384 g/mol. The molecule has 4 amide bonds. The van der Waals surface area contributed by atoms with Crippen LogP contribution >= 0.6 is 15.9 Å². The van der Waals surface area contributed by atoms with E-state index in [2.05, 4.69) is 21.2 Å². The van der Waals surface area contributed by atoms with Crippen molar-refractivity contribution in [1.82, 2.24) is 10.2 Å². The Kier molecular flexibility index (Phi) is 4.57. The van der Waals surface area contributed by atoms with Crippen LogP contribution in [0.1, 0.15) is 11.1 Å². The molecule has 0 atom stereocenters. The molecule has 120 valence electrons. The van der Waals surface area contributed by atoms with Gasteiger partial charge in [-0.1, -0.05) is 58.4 Å². The lowest BCUT2D eigenvalue weighted by molar-refractivity contribution is -0.130. The van der Waals surface area contributed by atoms with Gasteiger partial charge in [-0.25, -0.2) is 4.79 Å². The topological polar surface area (TPSA) is 66.5 Å². The number of imide groups is 2. The quantitative estimate of drug-likeness (QED) is 0.652. The van der Waals surface area contributed by atoms with Crippen molar-refractivity contribution in [2.24, 2.45) is 0 Å². The van der Waals surface area contributed by atoms with E-state index in [1.807, 2.05) is 42.5 Å². The summed E-state index contributed by atoms with van der Waals surface area (Å²) >= 11 is 3.33. The Bertz CT molecular complexity index is 829. The van der Waals surface area contributed by atoms with E-state index in [4.69, 9.17) is 0 Å². The molecule has 0 aromatic heterocycles. The second kappa shape index (κ2) is 6.80. The van der Waals surface area contributed by atoms with Crippen LogP contribution < -0.4 is 5.32 Å². The van der Waals surface area contributed by atoms with Gasteiger partial charge in [0.05, 0.1) is 6.54 Å². The number of hydrogen-bond acceptors (Lipinski definition) is 3. The van der Waals surface area contributed by atoms with Gasteiger partial charge in [-0.15, -0.1) is 0 Å². The fourth-order valence-corrected chi connectivity index (χ4v) is 2.59. The van der Waals surface area contributed by atoms with Crippen LogP contribution in [-0.4, -0.2) is 22.7 Å². The van der Waals surface area contributed by atoms with Crippen LogP contribution in [0.5, 0.6) is 0 Å². The Balaban J connectivity index is 1.89. The first-order valence-electron chi connectivity index (χ1n) is 7.23. The minimum Gasteiger partial charge on any atom is -0.273 e. The zero-order chi connectivity index (χ0) is 17.1. The maximum atomic E-state index is 12.6. The molecule has 0 bridgehead atoms. The van der Waals surface area contributed by atoms with Gasteiger partial charge in [0, 0.05) is 4.47 Å². The summed E-state index contributed by atoms with van der Waals surface area (Å²) in [5.74, 6) is -1.28. The average molecular weight is 385 g/mol. The number of barbiturate groups is 1. The number of nitrogens with zero attached hydrogens (tertiary/aromatic N) is 1. The molecule has 0 spiro atoms. The number of carbonyl (C=O) groups is 3. The molecule has 1 aliphatic rings. The zero-order valence-corrected chi connectivity index (χ0v) is 14.1. The molecule has 1 heterocycles. The number of nitrogens with one attached hydrogen (secondary N) is 1. The fraction of sp³-hybridized carbons (Fsp3) is 0.0556. The van der Waals surface area contributed by atoms with E-state index < -0.39 is 17.8 Å². The molecule has 0 radical (unpaired) electrons.